The molecule has 0 radical (unpaired) electrons. The normalized spacial score (nSPS) is 18.2. The van der Waals surface area contributed by atoms with Gasteiger partial charge < -0.3 is 9.47 Å². The first-order chi connectivity index (χ1) is 4.30. The van der Waals surface area contributed by atoms with Gasteiger partial charge >= 0.3 is 6.08 Å². The van der Waals surface area contributed by atoms with Crippen molar-refractivity contribution in [2.45, 2.75) is 6.42 Å². The molecule has 9 heavy (non-hydrogen) atoms. The zero-order valence-electron chi connectivity index (χ0n) is 5.89. The molecule has 3 heteroatoms. The van der Waals surface area contributed by atoms with Crippen LogP contribution in [0.2, 0.25) is 0 Å². The van der Waals surface area contributed by atoms with Crippen molar-refractivity contribution in [3.05, 3.63) is 0 Å². The standard InChI is InChI=1S/C6H12NO2/c1-7(2)6-8-4-3-5-9-6/h3-5H2,1-2H3/q+1. The van der Waals surface area contributed by atoms with Crippen molar-refractivity contribution in [3.8, 4) is 0 Å². The molecule has 0 spiro atoms. The molecule has 1 saturated heterocycles. The summed E-state index contributed by atoms with van der Waals surface area (Å²) >= 11 is 0. The summed E-state index contributed by atoms with van der Waals surface area (Å²) in [4.78, 5) is 0. The van der Waals surface area contributed by atoms with Crippen LogP contribution in [0.4, 0.5) is 0 Å². The van der Waals surface area contributed by atoms with Crippen molar-refractivity contribution in [2.75, 3.05) is 27.3 Å². The average Bonchev–Trinajstić information content (AvgIpc) is 1.90. The molecule has 0 unspecified atom stereocenters. The Bertz CT molecular complexity index is 119. The summed E-state index contributed by atoms with van der Waals surface area (Å²) < 4.78 is 12.2. The molecular weight excluding hydrogens is 118 g/mol. The van der Waals surface area contributed by atoms with Gasteiger partial charge in [-0.3, -0.25) is 0 Å². The van der Waals surface area contributed by atoms with Crippen LogP contribution in [0.3, 0.4) is 0 Å². The maximum atomic E-state index is 5.16. The molecule has 0 aromatic carbocycles. The quantitative estimate of drug-likeness (QED) is 0.432. The molecule has 0 aromatic rings. The van der Waals surface area contributed by atoms with Crippen LogP contribution in [-0.2, 0) is 9.47 Å². The Balaban J connectivity index is 2.49. The van der Waals surface area contributed by atoms with Crippen molar-refractivity contribution in [1.29, 1.82) is 0 Å². The van der Waals surface area contributed by atoms with E-state index < -0.39 is 0 Å². The first-order valence-corrected chi connectivity index (χ1v) is 3.10. The monoisotopic (exact) mass is 130 g/mol. The fourth-order valence-corrected chi connectivity index (χ4v) is 0.678. The predicted molar refractivity (Wildman–Crippen MR) is 33.6 cm³/mol. The summed E-state index contributed by atoms with van der Waals surface area (Å²) in [5.74, 6) is 0. The summed E-state index contributed by atoms with van der Waals surface area (Å²) in [6.07, 6.45) is 1.64. The minimum atomic E-state index is 0.640. The zero-order valence-corrected chi connectivity index (χ0v) is 5.89. The van der Waals surface area contributed by atoms with Gasteiger partial charge in [-0.25, -0.2) is 0 Å². The van der Waals surface area contributed by atoms with Gasteiger partial charge in [0.2, 0.25) is 0 Å². The van der Waals surface area contributed by atoms with Gasteiger partial charge in [0.25, 0.3) is 0 Å². The van der Waals surface area contributed by atoms with E-state index in [1.165, 1.54) is 0 Å². The molecule has 0 saturated carbocycles. The Hall–Kier alpha value is -0.730. The average molecular weight is 130 g/mol. The van der Waals surface area contributed by atoms with Crippen molar-refractivity contribution >= 4 is 6.08 Å². The Labute approximate surface area is 54.9 Å². The Morgan fingerprint density at radius 3 is 2.11 bits per heavy atom. The third kappa shape index (κ3) is 1.59. The summed E-state index contributed by atoms with van der Waals surface area (Å²) in [6.45, 7) is 1.57. The molecule has 1 aliphatic rings. The third-order valence-corrected chi connectivity index (χ3v) is 1.10. The highest BCUT2D eigenvalue weighted by molar-refractivity contribution is 5.61. The van der Waals surface area contributed by atoms with Gasteiger partial charge in [-0.05, 0) is 0 Å². The Morgan fingerprint density at radius 1 is 1.22 bits per heavy atom. The molecule has 0 aromatic heterocycles. The smallest absolute Gasteiger partial charge is 0.415 e. The minimum absolute atomic E-state index is 0.640. The second-order valence-corrected chi connectivity index (χ2v) is 2.21. The number of ether oxygens (including phenoxy) is 2. The van der Waals surface area contributed by atoms with E-state index in [1.807, 2.05) is 18.7 Å². The van der Waals surface area contributed by atoms with Crippen molar-refractivity contribution < 1.29 is 14.0 Å². The van der Waals surface area contributed by atoms with Crippen molar-refractivity contribution in [3.63, 3.8) is 0 Å². The van der Waals surface area contributed by atoms with E-state index in [2.05, 4.69) is 0 Å². The van der Waals surface area contributed by atoms with Crippen LogP contribution in [-0.4, -0.2) is 38.0 Å². The molecule has 3 nitrogen and oxygen atoms in total. The van der Waals surface area contributed by atoms with Gasteiger partial charge in [0.15, 0.2) is 0 Å². The first-order valence-electron chi connectivity index (χ1n) is 3.10. The topological polar surface area (TPSA) is 21.5 Å². The minimum Gasteiger partial charge on any atom is -0.415 e. The molecule has 1 rings (SSSR count). The second kappa shape index (κ2) is 2.71. The Kier molecular flexibility index (Phi) is 1.92. The maximum Gasteiger partial charge on any atom is 0.548 e. The highest BCUT2D eigenvalue weighted by atomic mass is 16.7. The third-order valence-electron chi connectivity index (χ3n) is 1.10. The van der Waals surface area contributed by atoms with Gasteiger partial charge in [-0.2, -0.15) is 4.58 Å². The van der Waals surface area contributed by atoms with Gasteiger partial charge in [0.05, 0.1) is 0 Å². The molecular formula is C6H12NO2+. The molecule has 0 atom stereocenters. The van der Waals surface area contributed by atoms with E-state index in [-0.39, 0.29) is 0 Å². The van der Waals surface area contributed by atoms with Crippen LogP contribution in [0.15, 0.2) is 0 Å². The van der Waals surface area contributed by atoms with Crippen LogP contribution in [0.5, 0.6) is 0 Å². The number of hydrogen-bond donors (Lipinski definition) is 0. The first kappa shape index (κ1) is 6.39. The largest absolute Gasteiger partial charge is 0.548 e. The number of rotatable bonds is 0. The van der Waals surface area contributed by atoms with Gasteiger partial charge in [-0.15, -0.1) is 0 Å². The fraction of sp³-hybridized carbons (Fsp3) is 0.833. The predicted octanol–water partition coefficient (Wildman–Crippen LogP) is 0.0514. The van der Waals surface area contributed by atoms with Gasteiger partial charge in [0, 0.05) is 6.42 Å². The second-order valence-electron chi connectivity index (χ2n) is 2.21. The van der Waals surface area contributed by atoms with Crippen LogP contribution in [0.1, 0.15) is 6.42 Å². The molecule has 0 bridgehead atoms. The van der Waals surface area contributed by atoms with Gasteiger partial charge in [-0.1, -0.05) is 0 Å². The van der Waals surface area contributed by atoms with Crippen LogP contribution >= 0.6 is 0 Å². The summed E-state index contributed by atoms with van der Waals surface area (Å²) in [7, 11) is 3.81. The molecule has 52 valence electrons. The van der Waals surface area contributed by atoms with Crippen molar-refractivity contribution in [1.82, 2.24) is 0 Å². The number of hydrogen-bond acceptors (Lipinski definition) is 2. The lowest BCUT2D eigenvalue weighted by Gasteiger charge is -2.11. The van der Waals surface area contributed by atoms with Crippen LogP contribution in [0, 0.1) is 0 Å². The van der Waals surface area contributed by atoms with E-state index in [0.29, 0.717) is 6.08 Å². The molecule has 1 fully saturated rings. The van der Waals surface area contributed by atoms with Crippen molar-refractivity contribution in [2.24, 2.45) is 0 Å². The van der Waals surface area contributed by atoms with E-state index in [4.69, 9.17) is 9.47 Å². The lowest BCUT2D eigenvalue weighted by Crippen LogP contribution is -2.26. The lowest BCUT2D eigenvalue weighted by atomic mass is 10.5. The van der Waals surface area contributed by atoms with Crippen LogP contribution in [0.25, 0.3) is 0 Å². The number of nitrogens with zero attached hydrogens (tertiary/aromatic N) is 1. The Morgan fingerprint density at radius 2 is 1.78 bits per heavy atom. The molecule has 1 heterocycles. The summed E-state index contributed by atoms with van der Waals surface area (Å²) in [5.41, 5.74) is 0. The maximum absolute atomic E-state index is 5.16. The van der Waals surface area contributed by atoms with E-state index in [1.54, 1.807) is 0 Å². The van der Waals surface area contributed by atoms with Crippen LogP contribution < -0.4 is 0 Å². The highest BCUT2D eigenvalue weighted by Gasteiger charge is 2.15. The van der Waals surface area contributed by atoms with E-state index in [9.17, 15) is 0 Å². The van der Waals surface area contributed by atoms with Gasteiger partial charge in [0.1, 0.15) is 27.3 Å². The highest BCUT2D eigenvalue weighted by Crippen LogP contribution is 1.96. The summed E-state index contributed by atoms with van der Waals surface area (Å²) in [5, 5.41) is 0. The zero-order chi connectivity index (χ0) is 6.69. The summed E-state index contributed by atoms with van der Waals surface area (Å²) in [6, 6.07) is 0. The molecule has 0 amide bonds. The SMILES string of the molecule is C[N+](C)=C1OCCCO1. The lowest BCUT2D eigenvalue weighted by molar-refractivity contribution is -0.488. The fourth-order valence-electron chi connectivity index (χ4n) is 0.678. The van der Waals surface area contributed by atoms with E-state index in [0.717, 1.165) is 19.6 Å². The van der Waals surface area contributed by atoms with E-state index >= 15 is 0 Å². The molecule has 0 N–H and O–H groups in total. The molecule has 0 aliphatic carbocycles. The molecule has 1 aliphatic heterocycles.